The van der Waals surface area contributed by atoms with Gasteiger partial charge in [0.05, 0.1) is 0 Å². The van der Waals surface area contributed by atoms with Crippen molar-refractivity contribution >= 4 is 13.7 Å². The first-order chi connectivity index (χ1) is 4.39. The predicted octanol–water partition coefficient (Wildman–Crippen LogP) is 1.98. The zero-order valence-electron chi connectivity index (χ0n) is 5.25. The fraction of sp³-hybridized carbons (Fsp3) is 0.750. The Morgan fingerprint density at radius 3 is 2.10 bits per heavy atom. The molecule has 0 aliphatic rings. The van der Waals surface area contributed by atoms with E-state index in [1.54, 1.807) is 0 Å². The van der Waals surface area contributed by atoms with Crippen LogP contribution in [0, 0.1) is 0 Å². The molecule has 0 aliphatic heterocycles. The number of rotatable bonds is 3. The monoisotopic (exact) mass is 172 g/mol. The lowest BCUT2D eigenvalue weighted by molar-refractivity contribution is -0.136. The Bertz CT molecular complexity index is 175. The van der Waals surface area contributed by atoms with Crippen LogP contribution in [0.15, 0.2) is 0 Å². The van der Waals surface area contributed by atoms with Gasteiger partial charge in [0.25, 0.3) is 0 Å². The molecule has 3 nitrogen and oxygen atoms in total. The molecule has 0 heterocycles. The normalized spacial score (nSPS) is 14.7. The lowest BCUT2D eigenvalue weighted by atomic mass is 10.3. The van der Waals surface area contributed by atoms with Gasteiger partial charge in [-0.1, -0.05) is 6.92 Å². The summed E-state index contributed by atoms with van der Waals surface area (Å²) in [7, 11) is -5.43. The molecule has 6 heteroatoms. The van der Waals surface area contributed by atoms with E-state index in [1.807, 2.05) is 0 Å². The molecule has 0 saturated heterocycles. The van der Waals surface area contributed by atoms with Crippen molar-refractivity contribution in [3.8, 4) is 0 Å². The Labute approximate surface area is 56.7 Å². The fourth-order valence-corrected chi connectivity index (χ4v) is 1.20. The standard InChI is InChI=1S/C4H7F2O3P/c1-2-3(4(7)8)10(5,6)9/h3H,2H2,1H3,(H,7,8). The van der Waals surface area contributed by atoms with Crippen LogP contribution in [0.1, 0.15) is 13.3 Å². The van der Waals surface area contributed by atoms with Gasteiger partial charge in [0, 0.05) is 0 Å². The average molecular weight is 172 g/mol. The third-order valence-electron chi connectivity index (χ3n) is 1.03. The van der Waals surface area contributed by atoms with Crippen LogP contribution in [0.2, 0.25) is 0 Å². The van der Waals surface area contributed by atoms with E-state index in [9.17, 15) is 17.8 Å². The maximum absolute atomic E-state index is 11.8. The Balaban J connectivity index is 4.38. The Morgan fingerprint density at radius 2 is 2.10 bits per heavy atom. The van der Waals surface area contributed by atoms with E-state index >= 15 is 0 Å². The third kappa shape index (κ3) is 2.43. The number of carboxylic acids is 1. The lowest BCUT2D eigenvalue weighted by Gasteiger charge is -2.05. The van der Waals surface area contributed by atoms with E-state index in [0.717, 1.165) is 0 Å². The molecule has 0 aromatic carbocycles. The molecule has 0 saturated carbocycles. The second-order valence-corrected chi connectivity index (χ2v) is 3.39. The molecule has 10 heavy (non-hydrogen) atoms. The van der Waals surface area contributed by atoms with Gasteiger partial charge in [-0.15, -0.1) is 0 Å². The van der Waals surface area contributed by atoms with Crippen LogP contribution in [0.5, 0.6) is 0 Å². The van der Waals surface area contributed by atoms with Crippen LogP contribution in [0.3, 0.4) is 0 Å². The molecule has 1 atom stereocenters. The van der Waals surface area contributed by atoms with E-state index in [-0.39, 0.29) is 6.42 Å². The molecule has 0 aliphatic carbocycles. The third-order valence-corrected chi connectivity index (χ3v) is 2.35. The second-order valence-electron chi connectivity index (χ2n) is 1.76. The molecule has 0 aromatic heterocycles. The van der Waals surface area contributed by atoms with E-state index in [0.29, 0.717) is 0 Å². The van der Waals surface area contributed by atoms with Gasteiger partial charge in [-0.05, 0) is 6.42 Å². The summed E-state index contributed by atoms with van der Waals surface area (Å²) in [5.41, 5.74) is -1.99. The molecular formula is C4H7F2O3P. The van der Waals surface area contributed by atoms with E-state index in [1.165, 1.54) is 6.92 Å². The number of aliphatic carboxylic acids is 1. The number of hydrogen-bond donors (Lipinski definition) is 1. The fourth-order valence-electron chi connectivity index (χ4n) is 0.516. The SMILES string of the molecule is CCC(C(=O)O)P(=O)(F)F. The zero-order chi connectivity index (χ0) is 8.36. The van der Waals surface area contributed by atoms with Gasteiger partial charge < -0.3 is 5.11 Å². The van der Waals surface area contributed by atoms with Gasteiger partial charge in [-0.3, -0.25) is 4.79 Å². The van der Waals surface area contributed by atoms with Crippen molar-refractivity contribution in [1.29, 1.82) is 0 Å². The first-order valence-corrected chi connectivity index (χ1v) is 4.17. The number of halogens is 2. The maximum atomic E-state index is 11.8. The molecule has 0 fully saturated rings. The van der Waals surface area contributed by atoms with Crippen molar-refractivity contribution in [2.24, 2.45) is 0 Å². The van der Waals surface area contributed by atoms with Gasteiger partial charge in [-0.25, -0.2) is 4.57 Å². The molecular weight excluding hydrogens is 165 g/mol. The summed E-state index contributed by atoms with van der Waals surface area (Å²) in [6, 6.07) is 0. The highest BCUT2D eigenvalue weighted by atomic mass is 31.2. The summed E-state index contributed by atoms with van der Waals surface area (Å²) in [5, 5.41) is 8.06. The van der Waals surface area contributed by atoms with E-state index < -0.39 is 19.4 Å². The minimum Gasteiger partial charge on any atom is -0.481 e. The molecule has 1 N–H and O–H groups in total. The van der Waals surface area contributed by atoms with Crippen LogP contribution >= 0.6 is 7.76 Å². The van der Waals surface area contributed by atoms with Crippen LogP contribution < -0.4 is 0 Å². The maximum Gasteiger partial charge on any atom is 0.416 e. The van der Waals surface area contributed by atoms with Crippen LogP contribution in [0.4, 0.5) is 8.39 Å². The highest BCUT2D eigenvalue weighted by Gasteiger charge is 2.37. The first-order valence-electron chi connectivity index (χ1n) is 2.61. The lowest BCUT2D eigenvalue weighted by Crippen LogP contribution is -2.16. The van der Waals surface area contributed by atoms with Crippen molar-refractivity contribution in [1.82, 2.24) is 0 Å². The van der Waals surface area contributed by atoms with Crippen LogP contribution in [-0.4, -0.2) is 16.7 Å². The molecule has 0 spiro atoms. The largest absolute Gasteiger partial charge is 0.481 e. The zero-order valence-corrected chi connectivity index (χ0v) is 6.15. The van der Waals surface area contributed by atoms with Crippen LogP contribution in [-0.2, 0) is 9.36 Å². The highest BCUT2D eigenvalue weighted by molar-refractivity contribution is 7.54. The summed E-state index contributed by atoms with van der Waals surface area (Å²) in [5.74, 6) is -1.70. The van der Waals surface area contributed by atoms with Gasteiger partial charge >= 0.3 is 13.7 Å². The number of carbonyl (C=O) groups is 1. The average Bonchev–Trinajstić information content (AvgIpc) is 1.60. The van der Waals surface area contributed by atoms with Crippen molar-refractivity contribution in [3.63, 3.8) is 0 Å². The second kappa shape index (κ2) is 3.10. The Morgan fingerprint density at radius 1 is 1.70 bits per heavy atom. The van der Waals surface area contributed by atoms with Gasteiger partial charge in [0.15, 0.2) is 5.66 Å². The van der Waals surface area contributed by atoms with E-state index in [4.69, 9.17) is 5.11 Å². The van der Waals surface area contributed by atoms with E-state index in [2.05, 4.69) is 0 Å². The summed E-state index contributed by atoms with van der Waals surface area (Å²) in [4.78, 5) is 9.92. The number of carboxylic acid groups (broad SMARTS) is 1. The number of hydrogen-bond acceptors (Lipinski definition) is 2. The molecule has 60 valence electrons. The van der Waals surface area contributed by atoms with Crippen molar-refractivity contribution in [2.75, 3.05) is 0 Å². The molecule has 0 amide bonds. The Kier molecular flexibility index (Phi) is 2.96. The molecule has 1 unspecified atom stereocenters. The summed E-state index contributed by atoms with van der Waals surface area (Å²) < 4.78 is 33.5. The molecule has 0 aromatic rings. The predicted molar refractivity (Wildman–Crippen MR) is 31.5 cm³/mol. The summed E-state index contributed by atoms with van der Waals surface area (Å²) >= 11 is 0. The van der Waals surface area contributed by atoms with Gasteiger partial charge in [-0.2, -0.15) is 8.39 Å². The van der Waals surface area contributed by atoms with Crippen LogP contribution in [0.25, 0.3) is 0 Å². The smallest absolute Gasteiger partial charge is 0.416 e. The quantitative estimate of drug-likeness (QED) is 0.662. The summed E-state index contributed by atoms with van der Waals surface area (Å²) in [6.45, 7) is 1.25. The topological polar surface area (TPSA) is 54.4 Å². The van der Waals surface area contributed by atoms with Crippen molar-refractivity contribution in [2.45, 2.75) is 19.0 Å². The molecule has 0 radical (unpaired) electrons. The van der Waals surface area contributed by atoms with Crippen molar-refractivity contribution < 1.29 is 22.9 Å². The van der Waals surface area contributed by atoms with Gasteiger partial charge in [0.2, 0.25) is 0 Å². The molecule has 0 bridgehead atoms. The minimum absolute atomic E-state index is 0.306. The molecule has 0 rings (SSSR count). The Hall–Kier alpha value is -0.440. The summed E-state index contributed by atoms with van der Waals surface area (Å²) in [6.07, 6.45) is -0.306. The first kappa shape index (κ1) is 9.56. The van der Waals surface area contributed by atoms with Crippen molar-refractivity contribution in [3.05, 3.63) is 0 Å². The van der Waals surface area contributed by atoms with Gasteiger partial charge in [0.1, 0.15) is 0 Å². The minimum atomic E-state index is -5.43. The highest BCUT2D eigenvalue weighted by Crippen LogP contribution is 2.55.